The van der Waals surface area contributed by atoms with Crippen LogP contribution in [0.4, 0.5) is 8.78 Å². The second-order valence-corrected chi connectivity index (χ2v) is 5.47. The monoisotopic (exact) mass is 475 g/mol. The Morgan fingerprint density at radius 1 is 1.00 bits per heavy atom. The van der Waals surface area contributed by atoms with Gasteiger partial charge in [-0.15, -0.1) is 24.0 Å². The van der Waals surface area contributed by atoms with Crippen molar-refractivity contribution < 1.29 is 13.5 Å². The average Bonchev–Trinajstić information content (AvgIpc) is 2.63. The number of guanidine groups is 1. The molecule has 0 heterocycles. The lowest BCUT2D eigenvalue weighted by molar-refractivity contribution is 0.409. The molecule has 0 atom stereocenters. The number of benzene rings is 2. The lowest BCUT2D eigenvalue weighted by Gasteiger charge is -2.13. The number of hydrogen-bond donors (Lipinski definition) is 2. The summed E-state index contributed by atoms with van der Waals surface area (Å²) < 4.78 is 32.1. The summed E-state index contributed by atoms with van der Waals surface area (Å²) in [6.07, 6.45) is 1.15. The third-order valence-corrected chi connectivity index (χ3v) is 3.80. The van der Waals surface area contributed by atoms with E-state index < -0.39 is 11.6 Å². The SMILES string of the molecule is CN=C(NCCc1cc(F)ccc1F)NCCc1ccccc1OC.I. The van der Waals surface area contributed by atoms with Crippen LogP contribution in [0.3, 0.4) is 0 Å². The highest BCUT2D eigenvalue weighted by molar-refractivity contribution is 14.0. The Bertz CT molecular complexity index is 726. The number of nitrogens with one attached hydrogen (secondary N) is 2. The van der Waals surface area contributed by atoms with Gasteiger partial charge in [0.2, 0.25) is 0 Å². The van der Waals surface area contributed by atoms with E-state index in [9.17, 15) is 8.78 Å². The van der Waals surface area contributed by atoms with Gasteiger partial charge < -0.3 is 15.4 Å². The summed E-state index contributed by atoms with van der Waals surface area (Å²) in [4.78, 5) is 4.13. The number of hydrogen-bond acceptors (Lipinski definition) is 2. The maximum atomic E-state index is 13.6. The van der Waals surface area contributed by atoms with Crippen LogP contribution in [0.25, 0.3) is 0 Å². The highest BCUT2D eigenvalue weighted by atomic mass is 127. The fraction of sp³-hybridized carbons (Fsp3) is 0.316. The van der Waals surface area contributed by atoms with Crippen LogP contribution >= 0.6 is 24.0 Å². The molecular formula is C19H24F2IN3O. The van der Waals surface area contributed by atoms with Gasteiger partial charge in [0, 0.05) is 20.1 Å². The summed E-state index contributed by atoms with van der Waals surface area (Å²) in [5.41, 5.74) is 1.45. The molecule has 0 radical (unpaired) electrons. The van der Waals surface area contributed by atoms with Gasteiger partial charge in [-0.1, -0.05) is 18.2 Å². The standard InChI is InChI=1S/C19H23F2N3O.HI/c1-22-19(23-11-9-14-5-3-4-6-18(14)25-2)24-12-10-15-13-16(20)7-8-17(15)21;/h3-8,13H,9-12H2,1-2H3,(H2,22,23,24);1H. The largest absolute Gasteiger partial charge is 0.496 e. The predicted octanol–water partition coefficient (Wildman–Crippen LogP) is 3.54. The molecule has 0 saturated carbocycles. The first-order chi connectivity index (χ1) is 12.1. The highest BCUT2D eigenvalue weighted by Gasteiger charge is 2.05. The fourth-order valence-electron chi connectivity index (χ4n) is 2.50. The zero-order valence-corrected chi connectivity index (χ0v) is 17.2. The van der Waals surface area contributed by atoms with Crippen LogP contribution in [0.1, 0.15) is 11.1 Å². The Morgan fingerprint density at radius 3 is 2.31 bits per heavy atom. The topological polar surface area (TPSA) is 45.7 Å². The molecule has 0 saturated heterocycles. The molecule has 0 aliphatic rings. The molecule has 2 aromatic rings. The molecule has 142 valence electrons. The van der Waals surface area contributed by atoms with Gasteiger partial charge in [-0.05, 0) is 48.2 Å². The summed E-state index contributed by atoms with van der Waals surface area (Å²) in [6, 6.07) is 11.3. The molecule has 0 spiro atoms. The van der Waals surface area contributed by atoms with Crippen LogP contribution < -0.4 is 15.4 Å². The molecule has 2 N–H and O–H groups in total. The number of ether oxygens (including phenoxy) is 1. The second kappa shape index (κ2) is 11.7. The molecule has 0 bridgehead atoms. The lowest BCUT2D eigenvalue weighted by Crippen LogP contribution is -2.39. The van der Waals surface area contributed by atoms with Gasteiger partial charge in [-0.25, -0.2) is 8.78 Å². The minimum absolute atomic E-state index is 0. The zero-order valence-electron chi connectivity index (χ0n) is 14.9. The van der Waals surface area contributed by atoms with E-state index in [-0.39, 0.29) is 24.0 Å². The summed E-state index contributed by atoms with van der Waals surface area (Å²) in [5.74, 6) is 0.638. The second-order valence-electron chi connectivity index (χ2n) is 5.47. The normalized spacial score (nSPS) is 10.8. The van der Waals surface area contributed by atoms with Crippen LogP contribution in [0.2, 0.25) is 0 Å². The van der Waals surface area contributed by atoms with Crippen molar-refractivity contribution in [2.24, 2.45) is 4.99 Å². The van der Waals surface area contributed by atoms with E-state index in [1.54, 1.807) is 14.2 Å². The minimum Gasteiger partial charge on any atom is -0.496 e. The van der Waals surface area contributed by atoms with Crippen LogP contribution in [0.15, 0.2) is 47.5 Å². The first-order valence-corrected chi connectivity index (χ1v) is 8.14. The van der Waals surface area contributed by atoms with E-state index in [0.717, 1.165) is 29.9 Å². The summed E-state index contributed by atoms with van der Waals surface area (Å²) in [7, 11) is 3.32. The van der Waals surface area contributed by atoms with Gasteiger partial charge in [-0.2, -0.15) is 0 Å². The van der Waals surface area contributed by atoms with Crippen molar-refractivity contribution in [1.82, 2.24) is 10.6 Å². The molecule has 2 rings (SSSR count). The number of rotatable bonds is 7. The van der Waals surface area contributed by atoms with E-state index >= 15 is 0 Å². The Hall–Kier alpha value is -1.90. The molecule has 0 aliphatic carbocycles. The highest BCUT2D eigenvalue weighted by Crippen LogP contribution is 2.17. The maximum Gasteiger partial charge on any atom is 0.190 e. The van der Waals surface area contributed by atoms with Gasteiger partial charge in [0.25, 0.3) is 0 Å². The molecule has 0 aliphatic heterocycles. The van der Waals surface area contributed by atoms with Crippen LogP contribution in [-0.2, 0) is 12.8 Å². The third kappa shape index (κ3) is 6.78. The van der Waals surface area contributed by atoms with E-state index in [2.05, 4.69) is 15.6 Å². The Balaban J connectivity index is 0.00000338. The van der Waals surface area contributed by atoms with Gasteiger partial charge in [0.1, 0.15) is 17.4 Å². The summed E-state index contributed by atoms with van der Waals surface area (Å²) in [5, 5.41) is 6.29. The fourth-order valence-corrected chi connectivity index (χ4v) is 2.50. The van der Waals surface area contributed by atoms with E-state index in [1.807, 2.05) is 24.3 Å². The van der Waals surface area contributed by atoms with Crippen molar-refractivity contribution in [3.8, 4) is 5.75 Å². The average molecular weight is 475 g/mol. The molecule has 0 unspecified atom stereocenters. The van der Waals surface area contributed by atoms with E-state index in [4.69, 9.17) is 4.74 Å². The van der Waals surface area contributed by atoms with Gasteiger partial charge in [0.05, 0.1) is 7.11 Å². The molecule has 26 heavy (non-hydrogen) atoms. The Labute approximate surface area is 170 Å². The predicted molar refractivity (Wildman–Crippen MR) is 112 cm³/mol. The molecule has 4 nitrogen and oxygen atoms in total. The van der Waals surface area contributed by atoms with E-state index in [1.165, 1.54) is 6.07 Å². The van der Waals surface area contributed by atoms with Crippen LogP contribution in [0, 0.1) is 11.6 Å². The van der Waals surface area contributed by atoms with Crippen molar-refractivity contribution in [3.63, 3.8) is 0 Å². The number of nitrogens with zero attached hydrogens (tertiary/aromatic N) is 1. The number of methoxy groups -OCH3 is 1. The Morgan fingerprint density at radius 2 is 1.65 bits per heavy atom. The quantitative estimate of drug-likeness (QED) is 0.366. The first-order valence-electron chi connectivity index (χ1n) is 8.14. The molecule has 2 aromatic carbocycles. The lowest BCUT2D eigenvalue weighted by atomic mass is 10.1. The molecule has 0 aromatic heterocycles. The van der Waals surface area contributed by atoms with Crippen molar-refractivity contribution in [1.29, 1.82) is 0 Å². The van der Waals surface area contributed by atoms with Crippen molar-refractivity contribution in [2.45, 2.75) is 12.8 Å². The number of para-hydroxylation sites is 1. The minimum atomic E-state index is -0.435. The van der Waals surface area contributed by atoms with Crippen LogP contribution in [0.5, 0.6) is 5.75 Å². The maximum absolute atomic E-state index is 13.6. The van der Waals surface area contributed by atoms with Gasteiger partial charge in [-0.3, -0.25) is 4.99 Å². The molecular weight excluding hydrogens is 451 g/mol. The van der Waals surface area contributed by atoms with Crippen molar-refractivity contribution in [3.05, 3.63) is 65.2 Å². The number of aliphatic imine (C=N–C) groups is 1. The van der Waals surface area contributed by atoms with Gasteiger partial charge >= 0.3 is 0 Å². The van der Waals surface area contributed by atoms with Crippen molar-refractivity contribution >= 4 is 29.9 Å². The molecule has 7 heteroatoms. The third-order valence-electron chi connectivity index (χ3n) is 3.80. The van der Waals surface area contributed by atoms with E-state index in [0.29, 0.717) is 31.0 Å². The van der Waals surface area contributed by atoms with Gasteiger partial charge in [0.15, 0.2) is 5.96 Å². The number of halogens is 3. The van der Waals surface area contributed by atoms with Crippen LogP contribution in [-0.4, -0.2) is 33.2 Å². The molecule has 0 amide bonds. The first kappa shape index (κ1) is 22.1. The summed E-state index contributed by atoms with van der Waals surface area (Å²) in [6.45, 7) is 1.13. The van der Waals surface area contributed by atoms with Crippen molar-refractivity contribution in [2.75, 3.05) is 27.2 Å². The smallest absolute Gasteiger partial charge is 0.190 e. The summed E-state index contributed by atoms with van der Waals surface area (Å²) >= 11 is 0. The molecule has 0 fully saturated rings. The zero-order chi connectivity index (χ0) is 18.1. The Kier molecular flexibility index (Phi) is 9.93.